The number of nitrogens with one attached hydrogen (secondary N) is 1. The Kier molecular flexibility index (Phi) is 5.42. The molecule has 3 aromatic rings. The summed E-state index contributed by atoms with van der Waals surface area (Å²) < 4.78 is 17.9. The zero-order chi connectivity index (χ0) is 17.8. The molecule has 0 saturated heterocycles. The standard InChI is InChI=1S/C16H10ClFN2O3S2/c17-10-6-9(18)3-4-11(10)19-14(21)7-23-16(22)12-8-25-15(20-12)13-2-1-5-24-13/h1-6,8H,7H2,(H,19,21). The molecule has 2 heterocycles. The van der Waals surface area contributed by atoms with Crippen LogP contribution >= 0.6 is 34.3 Å². The number of benzene rings is 1. The number of aromatic nitrogens is 1. The molecule has 0 radical (unpaired) electrons. The van der Waals surface area contributed by atoms with Crippen molar-refractivity contribution in [1.82, 2.24) is 4.98 Å². The van der Waals surface area contributed by atoms with E-state index in [1.165, 1.54) is 28.7 Å². The topological polar surface area (TPSA) is 68.3 Å². The minimum Gasteiger partial charge on any atom is -0.451 e. The molecule has 128 valence electrons. The van der Waals surface area contributed by atoms with E-state index in [9.17, 15) is 14.0 Å². The Bertz CT molecular complexity index is 912. The molecule has 1 amide bonds. The number of amides is 1. The fourth-order valence-corrected chi connectivity index (χ4v) is 3.68. The van der Waals surface area contributed by atoms with Crippen molar-refractivity contribution in [2.24, 2.45) is 0 Å². The van der Waals surface area contributed by atoms with Crippen LogP contribution in [0.2, 0.25) is 5.02 Å². The molecular weight excluding hydrogens is 387 g/mol. The lowest BCUT2D eigenvalue weighted by atomic mass is 10.3. The number of thiazole rings is 1. The molecule has 0 saturated carbocycles. The number of nitrogens with zero attached hydrogens (tertiary/aromatic N) is 1. The highest BCUT2D eigenvalue weighted by Crippen LogP contribution is 2.28. The van der Waals surface area contributed by atoms with Crippen molar-refractivity contribution >= 4 is 51.8 Å². The maximum atomic E-state index is 13.0. The van der Waals surface area contributed by atoms with E-state index in [0.717, 1.165) is 17.0 Å². The minimum atomic E-state index is -0.695. The summed E-state index contributed by atoms with van der Waals surface area (Å²) >= 11 is 8.65. The zero-order valence-electron chi connectivity index (χ0n) is 12.5. The number of rotatable bonds is 5. The van der Waals surface area contributed by atoms with E-state index in [2.05, 4.69) is 10.3 Å². The summed E-state index contributed by atoms with van der Waals surface area (Å²) in [4.78, 5) is 28.9. The van der Waals surface area contributed by atoms with E-state index >= 15 is 0 Å². The molecule has 5 nitrogen and oxygen atoms in total. The Hall–Kier alpha value is -2.29. The summed E-state index contributed by atoms with van der Waals surface area (Å²) in [6, 6.07) is 7.35. The third-order valence-electron chi connectivity index (χ3n) is 2.98. The lowest BCUT2D eigenvalue weighted by Crippen LogP contribution is -2.21. The van der Waals surface area contributed by atoms with Crippen LogP contribution in [0.15, 0.2) is 41.1 Å². The van der Waals surface area contributed by atoms with Crippen LogP contribution in [0, 0.1) is 5.82 Å². The van der Waals surface area contributed by atoms with Crippen molar-refractivity contribution in [1.29, 1.82) is 0 Å². The molecule has 1 N–H and O–H groups in total. The highest BCUT2D eigenvalue weighted by atomic mass is 35.5. The van der Waals surface area contributed by atoms with Crippen LogP contribution < -0.4 is 5.32 Å². The third-order valence-corrected chi connectivity index (χ3v) is 5.18. The predicted octanol–water partition coefficient (Wildman–Crippen LogP) is 4.46. The molecule has 0 aliphatic carbocycles. The predicted molar refractivity (Wildman–Crippen MR) is 95.7 cm³/mol. The van der Waals surface area contributed by atoms with Gasteiger partial charge in [-0.25, -0.2) is 14.2 Å². The van der Waals surface area contributed by atoms with Gasteiger partial charge in [-0.1, -0.05) is 17.7 Å². The molecule has 0 bridgehead atoms. The number of hydrogen-bond acceptors (Lipinski definition) is 6. The van der Waals surface area contributed by atoms with Crippen LogP contribution in [0.5, 0.6) is 0 Å². The summed E-state index contributed by atoms with van der Waals surface area (Å²) in [6.07, 6.45) is 0. The van der Waals surface area contributed by atoms with E-state index in [4.69, 9.17) is 16.3 Å². The summed E-state index contributed by atoms with van der Waals surface area (Å²) in [7, 11) is 0. The van der Waals surface area contributed by atoms with Crippen LogP contribution in [-0.4, -0.2) is 23.5 Å². The lowest BCUT2D eigenvalue weighted by molar-refractivity contribution is -0.119. The number of halogens is 2. The van der Waals surface area contributed by atoms with Gasteiger partial charge < -0.3 is 10.1 Å². The number of thiophene rings is 1. The molecular formula is C16H10ClFN2O3S2. The van der Waals surface area contributed by atoms with Crippen LogP contribution in [0.4, 0.5) is 10.1 Å². The quantitative estimate of drug-likeness (QED) is 0.646. The van der Waals surface area contributed by atoms with Gasteiger partial charge in [0.15, 0.2) is 12.3 Å². The van der Waals surface area contributed by atoms with Crippen molar-refractivity contribution in [3.8, 4) is 9.88 Å². The Morgan fingerprint density at radius 1 is 1.28 bits per heavy atom. The lowest BCUT2D eigenvalue weighted by Gasteiger charge is -2.07. The monoisotopic (exact) mass is 396 g/mol. The fourth-order valence-electron chi connectivity index (χ4n) is 1.86. The minimum absolute atomic E-state index is 0.0553. The van der Waals surface area contributed by atoms with Crippen molar-refractivity contribution < 1.29 is 18.7 Å². The van der Waals surface area contributed by atoms with Crippen molar-refractivity contribution in [2.45, 2.75) is 0 Å². The largest absolute Gasteiger partial charge is 0.451 e. The molecule has 0 fully saturated rings. The van der Waals surface area contributed by atoms with Gasteiger partial charge in [-0.2, -0.15) is 0 Å². The van der Waals surface area contributed by atoms with E-state index in [0.29, 0.717) is 5.01 Å². The number of anilines is 1. The Balaban J connectivity index is 1.56. The highest BCUT2D eigenvalue weighted by Gasteiger charge is 2.16. The number of carbonyl (C=O) groups excluding carboxylic acids is 2. The number of carbonyl (C=O) groups is 2. The highest BCUT2D eigenvalue weighted by molar-refractivity contribution is 7.20. The normalized spacial score (nSPS) is 10.5. The summed E-state index contributed by atoms with van der Waals surface area (Å²) in [5.74, 6) is -1.80. The van der Waals surface area contributed by atoms with Crippen LogP contribution in [0.25, 0.3) is 9.88 Å². The maximum absolute atomic E-state index is 13.0. The Morgan fingerprint density at radius 2 is 2.12 bits per heavy atom. The van der Waals surface area contributed by atoms with Gasteiger partial charge in [0.1, 0.15) is 10.8 Å². The van der Waals surface area contributed by atoms with E-state index in [1.807, 2.05) is 17.5 Å². The van der Waals surface area contributed by atoms with Gasteiger partial charge in [0, 0.05) is 5.38 Å². The Morgan fingerprint density at radius 3 is 2.84 bits per heavy atom. The molecule has 0 aliphatic rings. The molecule has 0 unspecified atom stereocenters. The van der Waals surface area contributed by atoms with Crippen LogP contribution in [-0.2, 0) is 9.53 Å². The van der Waals surface area contributed by atoms with Crippen LogP contribution in [0.3, 0.4) is 0 Å². The molecule has 1 aromatic carbocycles. The molecule has 0 aliphatic heterocycles. The smallest absolute Gasteiger partial charge is 0.358 e. The zero-order valence-corrected chi connectivity index (χ0v) is 14.9. The van der Waals surface area contributed by atoms with E-state index in [-0.39, 0.29) is 16.4 Å². The second-order valence-electron chi connectivity index (χ2n) is 4.76. The van der Waals surface area contributed by atoms with E-state index in [1.54, 1.807) is 5.38 Å². The molecule has 2 aromatic heterocycles. The first-order valence-corrected chi connectivity index (χ1v) is 9.08. The average Bonchev–Trinajstić information content (AvgIpc) is 3.26. The summed E-state index contributed by atoms with van der Waals surface area (Å²) in [6.45, 7) is -0.502. The molecule has 0 spiro atoms. The number of esters is 1. The van der Waals surface area contributed by atoms with Gasteiger partial charge >= 0.3 is 5.97 Å². The molecule has 9 heteroatoms. The fraction of sp³-hybridized carbons (Fsp3) is 0.0625. The average molecular weight is 397 g/mol. The first-order chi connectivity index (χ1) is 12.0. The van der Waals surface area contributed by atoms with Gasteiger partial charge in [0.05, 0.1) is 15.6 Å². The molecule has 3 rings (SSSR count). The maximum Gasteiger partial charge on any atom is 0.358 e. The molecule has 0 atom stereocenters. The molecule has 25 heavy (non-hydrogen) atoms. The summed E-state index contributed by atoms with van der Waals surface area (Å²) in [5.41, 5.74) is 0.374. The van der Waals surface area contributed by atoms with Gasteiger partial charge in [-0.3, -0.25) is 4.79 Å². The van der Waals surface area contributed by atoms with Crippen molar-refractivity contribution in [3.05, 3.63) is 57.6 Å². The van der Waals surface area contributed by atoms with Crippen molar-refractivity contribution in [3.63, 3.8) is 0 Å². The second kappa shape index (κ2) is 7.73. The second-order valence-corrected chi connectivity index (χ2v) is 6.98. The van der Waals surface area contributed by atoms with Gasteiger partial charge in [0.25, 0.3) is 5.91 Å². The first-order valence-electron chi connectivity index (χ1n) is 6.94. The summed E-state index contributed by atoms with van der Waals surface area (Å²) in [5, 5.41) is 6.70. The SMILES string of the molecule is O=C(COC(=O)c1csc(-c2cccs2)n1)Nc1ccc(F)cc1Cl. The number of ether oxygens (including phenoxy) is 1. The van der Waals surface area contributed by atoms with Crippen molar-refractivity contribution in [2.75, 3.05) is 11.9 Å². The Labute approximate surface area is 155 Å². The third kappa shape index (κ3) is 4.41. The van der Waals surface area contributed by atoms with Gasteiger partial charge in [-0.05, 0) is 29.6 Å². The van der Waals surface area contributed by atoms with E-state index < -0.39 is 24.3 Å². The number of hydrogen-bond donors (Lipinski definition) is 1. The van der Waals surface area contributed by atoms with Gasteiger partial charge in [0.2, 0.25) is 0 Å². The van der Waals surface area contributed by atoms with Gasteiger partial charge in [-0.15, -0.1) is 22.7 Å². The first kappa shape index (κ1) is 17.5. The van der Waals surface area contributed by atoms with Crippen LogP contribution in [0.1, 0.15) is 10.5 Å².